The third kappa shape index (κ3) is 4.62. The summed E-state index contributed by atoms with van der Waals surface area (Å²) in [6, 6.07) is 0. The summed E-state index contributed by atoms with van der Waals surface area (Å²) in [5.41, 5.74) is 0. The van der Waals surface area contributed by atoms with Crippen LogP contribution in [0.4, 0.5) is 0 Å². The summed E-state index contributed by atoms with van der Waals surface area (Å²) < 4.78 is 26.7. The Hall–Kier alpha value is 0.200. The molecule has 1 unspecified atom stereocenters. The molecule has 0 heterocycles. The van der Waals surface area contributed by atoms with E-state index in [1.165, 1.54) is 19.3 Å². The smallest absolute Gasteiger partial charge is 0.232 e. The summed E-state index contributed by atoms with van der Waals surface area (Å²) in [5, 5.41) is 0. The van der Waals surface area contributed by atoms with Gasteiger partial charge in [-0.15, -0.1) is 0 Å². The van der Waals surface area contributed by atoms with Gasteiger partial charge in [-0.3, -0.25) is 0 Å². The first kappa shape index (κ1) is 12.3. The minimum Gasteiger partial charge on any atom is -0.378 e. The van der Waals surface area contributed by atoms with Crippen molar-refractivity contribution in [2.45, 2.75) is 38.7 Å². The van der Waals surface area contributed by atoms with E-state index in [9.17, 15) is 8.42 Å². The van der Waals surface area contributed by atoms with Crippen molar-refractivity contribution in [1.82, 2.24) is 0 Å². The Kier molecular flexibility index (Phi) is 4.67. The Morgan fingerprint density at radius 2 is 2.14 bits per heavy atom. The maximum absolute atomic E-state index is 10.6. The van der Waals surface area contributed by atoms with Crippen molar-refractivity contribution in [2.24, 2.45) is 5.92 Å². The van der Waals surface area contributed by atoms with Crippen LogP contribution in [0.15, 0.2) is 0 Å². The molecular weight excluding hydrogens is 224 g/mol. The summed E-state index contributed by atoms with van der Waals surface area (Å²) in [4.78, 5) is 0. The molecule has 0 radical (unpaired) electrons. The molecule has 1 fully saturated rings. The zero-order valence-corrected chi connectivity index (χ0v) is 9.98. The van der Waals surface area contributed by atoms with Crippen molar-refractivity contribution < 1.29 is 13.2 Å². The predicted octanol–water partition coefficient (Wildman–Crippen LogP) is 2.15. The van der Waals surface area contributed by atoms with Gasteiger partial charge < -0.3 is 4.74 Å². The molecule has 0 aliphatic heterocycles. The fourth-order valence-electron chi connectivity index (χ4n) is 1.55. The van der Waals surface area contributed by atoms with Gasteiger partial charge in [-0.05, 0) is 32.1 Å². The van der Waals surface area contributed by atoms with Crippen LogP contribution in [-0.4, -0.2) is 26.9 Å². The van der Waals surface area contributed by atoms with Crippen molar-refractivity contribution in [1.29, 1.82) is 0 Å². The van der Waals surface area contributed by atoms with Crippen LogP contribution in [0.25, 0.3) is 0 Å². The Labute approximate surface area is 90.2 Å². The average molecular weight is 241 g/mol. The van der Waals surface area contributed by atoms with Crippen molar-refractivity contribution >= 4 is 19.7 Å². The summed E-state index contributed by atoms with van der Waals surface area (Å²) in [6.07, 6.45) is 4.54. The second-order valence-corrected chi connectivity index (χ2v) is 6.76. The fraction of sp³-hybridized carbons (Fsp3) is 1.00. The molecule has 1 atom stereocenters. The molecule has 3 nitrogen and oxygen atoms in total. The van der Waals surface area contributed by atoms with Gasteiger partial charge in [0.25, 0.3) is 0 Å². The van der Waals surface area contributed by atoms with E-state index < -0.39 is 9.05 Å². The number of rotatable bonds is 6. The minimum absolute atomic E-state index is 0.00590. The number of hydrogen-bond acceptors (Lipinski definition) is 3. The zero-order chi connectivity index (χ0) is 10.6. The van der Waals surface area contributed by atoms with E-state index in [1.54, 1.807) is 0 Å². The molecule has 0 aromatic carbocycles. The van der Waals surface area contributed by atoms with E-state index in [0.717, 1.165) is 0 Å². The number of halogens is 1. The van der Waals surface area contributed by atoms with Gasteiger partial charge in [-0.2, -0.15) is 0 Å². The SMILES string of the molecule is CC(OCCCS(=O)(=O)Cl)C1CCC1. The lowest BCUT2D eigenvalue weighted by Crippen LogP contribution is -2.27. The standard InChI is InChI=1S/C9H17ClO3S/c1-8(9-4-2-5-9)13-6-3-7-14(10,11)12/h8-9H,2-7H2,1H3. The van der Waals surface area contributed by atoms with Gasteiger partial charge in [0.2, 0.25) is 9.05 Å². The normalized spacial score (nSPS) is 20.4. The van der Waals surface area contributed by atoms with Gasteiger partial charge in [0, 0.05) is 17.3 Å². The summed E-state index contributed by atoms with van der Waals surface area (Å²) in [5.74, 6) is 0.689. The van der Waals surface area contributed by atoms with E-state index in [-0.39, 0.29) is 11.9 Å². The Bertz CT molecular complexity index is 259. The topological polar surface area (TPSA) is 43.4 Å². The highest BCUT2D eigenvalue weighted by molar-refractivity contribution is 8.13. The lowest BCUT2D eigenvalue weighted by molar-refractivity contribution is -0.000768. The summed E-state index contributed by atoms with van der Waals surface area (Å²) in [7, 11) is 1.72. The van der Waals surface area contributed by atoms with Crippen LogP contribution in [0, 0.1) is 5.92 Å². The number of ether oxygens (including phenoxy) is 1. The molecule has 0 aromatic heterocycles. The van der Waals surface area contributed by atoms with Crippen LogP contribution < -0.4 is 0 Å². The molecule has 0 aromatic rings. The van der Waals surface area contributed by atoms with Crippen LogP contribution in [0.2, 0.25) is 0 Å². The summed E-state index contributed by atoms with van der Waals surface area (Å²) >= 11 is 0. The molecule has 5 heteroatoms. The second kappa shape index (κ2) is 5.33. The van der Waals surface area contributed by atoms with Gasteiger partial charge in [-0.1, -0.05) is 6.42 Å². The van der Waals surface area contributed by atoms with Crippen LogP contribution in [0.5, 0.6) is 0 Å². The van der Waals surface area contributed by atoms with Gasteiger partial charge in [0.05, 0.1) is 11.9 Å². The average Bonchev–Trinajstić information content (AvgIpc) is 1.92. The van der Waals surface area contributed by atoms with Crippen LogP contribution in [0.3, 0.4) is 0 Å². The molecule has 0 amide bonds. The van der Waals surface area contributed by atoms with E-state index >= 15 is 0 Å². The van der Waals surface area contributed by atoms with Crippen molar-refractivity contribution in [3.05, 3.63) is 0 Å². The quantitative estimate of drug-likeness (QED) is 0.528. The van der Waals surface area contributed by atoms with Gasteiger partial charge in [-0.25, -0.2) is 8.42 Å². The monoisotopic (exact) mass is 240 g/mol. The third-order valence-corrected chi connectivity index (χ3v) is 3.97. The first-order valence-corrected chi connectivity index (χ1v) is 7.51. The molecular formula is C9H17ClO3S. The zero-order valence-electron chi connectivity index (χ0n) is 8.41. The van der Waals surface area contributed by atoms with Gasteiger partial charge in [0.1, 0.15) is 0 Å². The fourth-order valence-corrected chi connectivity index (χ4v) is 2.34. The van der Waals surface area contributed by atoms with E-state index in [2.05, 4.69) is 6.92 Å². The highest BCUT2D eigenvalue weighted by Gasteiger charge is 2.24. The van der Waals surface area contributed by atoms with Crippen molar-refractivity contribution in [3.8, 4) is 0 Å². The molecule has 0 saturated heterocycles. The van der Waals surface area contributed by atoms with E-state index in [1.807, 2.05) is 0 Å². The van der Waals surface area contributed by atoms with Crippen molar-refractivity contribution in [3.63, 3.8) is 0 Å². The molecule has 0 N–H and O–H groups in total. The lowest BCUT2D eigenvalue weighted by Gasteiger charge is -2.31. The third-order valence-electron chi connectivity index (χ3n) is 2.73. The lowest BCUT2D eigenvalue weighted by atomic mass is 9.82. The van der Waals surface area contributed by atoms with Crippen LogP contribution in [0.1, 0.15) is 32.6 Å². The predicted molar refractivity (Wildman–Crippen MR) is 57.0 cm³/mol. The van der Waals surface area contributed by atoms with E-state index in [0.29, 0.717) is 18.9 Å². The Balaban J connectivity index is 2.03. The molecule has 1 aliphatic rings. The first-order valence-electron chi connectivity index (χ1n) is 5.03. The summed E-state index contributed by atoms with van der Waals surface area (Å²) in [6.45, 7) is 2.54. The van der Waals surface area contributed by atoms with Crippen molar-refractivity contribution in [2.75, 3.05) is 12.4 Å². The van der Waals surface area contributed by atoms with Crippen LogP contribution in [-0.2, 0) is 13.8 Å². The molecule has 14 heavy (non-hydrogen) atoms. The molecule has 0 bridgehead atoms. The molecule has 84 valence electrons. The maximum Gasteiger partial charge on any atom is 0.232 e. The number of hydrogen-bond donors (Lipinski definition) is 0. The molecule has 1 aliphatic carbocycles. The highest BCUT2D eigenvalue weighted by atomic mass is 35.7. The first-order chi connectivity index (χ1) is 6.49. The minimum atomic E-state index is -3.34. The van der Waals surface area contributed by atoms with Gasteiger partial charge >= 0.3 is 0 Å². The van der Waals surface area contributed by atoms with Crippen LogP contribution >= 0.6 is 10.7 Å². The van der Waals surface area contributed by atoms with E-state index in [4.69, 9.17) is 15.4 Å². The molecule has 0 spiro atoms. The largest absolute Gasteiger partial charge is 0.378 e. The van der Waals surface area contributed by atoms with Gasteiger partial charge in [0.15, 0.2) is 0 Å². The Morgan fingerprint density at radius 1 is 1.50 bits per heavy atom. The maximum atomic E-state index is 10.6. The molecule has 1 rings (SSSR count). The second-order valence-electron chi connectivity index (χ2n) is 3.86. The highest BCUT2D eigenvalue weighted by Crippen LogP contribution is 2.30. The molecule has 1 saturated carbocycles. The Morgan fingerprint density at radius 3 is 2.57 bits per heavy atom.